The maximum absolute atomic E-state index is 11.5. The van der Waals surface area contributed by atoms with E-state index in [0.29, 0.717) is 0 Å². The van der Waals surface area contributed by atoms with Gasteiger partial charge in [0.05, 0.1) is 5.60 Å². The zero-order valence-corrected chi connectivity index (χ0v) is 14.2. The van der Waals surface area contributed by atoms with Crippen LogP contribution in [-0.2, 0) is 14.6 Å². The molecule has 20 heavy (non-hydrogen) atoms. The minimum absolute atomic E-state index is 0.0419. The lowest BCUT2D eigenvalue weighted by atomic mass is 9.74. The lowest BCUT2D eigenvalue weighted by Crippen LogP contribution is -2.37. The smallest absolute Gasteiger partial charge is 0.336 e. The highest BCUT2D eigenvalue weighted by Crippen LogP contribution is 2.36. The Labute approximate surface area is 123 Å². The van der Waals surface area contributed by atoms with E-state index in [9.17, 15) is 9.90 Å². The summed E-state index contributed by atoms with van der Waals surface area (Å²) in [5.74, 6) is -0.990. The molecule has 120 valence electrons. The Bertz CT molecular complexity index is 289. The highest BCUT2D eigenvalue weighted by molar-refractivity contribution is 5.72. The molecule has 0 fully saturated rings. The summed E-state index contributed by atoms with van der Waals surface area (Å²) >= 11 is 0. The third-order valence-electron chi connectivity index (χ3n) is 4.06. The summed E-state index contributed by atoms with van der Waals surface area (Å²) in [6.45, 7) is 14.0. The van der Waals surface area contributed by atoms with Crippen molar-refractivity contribution >= 4 is 5.97 Å². The molecule has 0 saturated carbocycles. The summed E-state index contributed by atoms with van der Waals surface area (Å²) in [6.07, 6.45) is 2.76. The molecule has 0 heterocycles. The molecule has 0 aliphatic heterocycles. The Morgan fingerprint density at radius 2 is 1.60 bits per heavy atom. The maximum atomic E-state index is 11.5. The van der Waals surface area contributed by atoms with Crippen LogP contribution < -0.4 is 0 Å². The molecule has 0 aliphatic rings. The molecule has 1 N–H and O–H groups in total. The molecule has 0 rings (SSSR count). The minimum Gasteiger partial charge on any atom is -0.479 e. The van der Waals surface area contributed by atoms with Crippen molar-refractivity contribution in [2.24, 2.45) is 11.3 Å². The van der Waals surface area contributed by atoms with Gasteiger partial charge in [0.2, 0.25) is 0 Å². The van der Waals surface area contributed by atoms with Gasteiger partial charge in [0.1, 0.15) is 0 Å². The van der Waals surface area contributed by atoms with Crippen LogP contribution >= 0.6 is 0 Å². The molecule has 0 saturated heterocycles. The second kappa shape index (κ2) is 7.99. The van der Waals surface area contributed by atoms with Gasteiger partial charge in [0.25, 0.3) is 0 Å². The van der Waals surface area contributed by atoms with Crippen molar-refractivity contribution in [2.75, 3.05) is 0 Å². The van der Waals surface area contributed by atoms with Crippen molar-refractivity contribution in [3.63, 3.8) is 0 Å². The van der Waals surface area contributed by atoms with Crippen LogP contribution in [0.3, 0.4) is 0 Å². The first-order valence-electron chi connectivity index (χ1n) is 7.65. The topological polar surface area (TPSA) is 55.8 Å². The predicted octanol–water partition coefficient (Wildman–Crippen LogP) is 4.43. The Morgan fingerprint density at radius 1 is 1.10 bits per heavy atom. The number of rotatable bonds is 9. The molecule has 0 aromatic rings. The highest BCUT2D eigenvalue weighted by atomic mass is 17.2. The average Bonchev–Trinajstić information content (AvgIpc) is 2.35. The Morgan fingerprint density at radius 3 is 1.90 bits per heavy atom. The van der Waals surface area contributed by atoms with E-state index in [1.165, 1.54) is 0 Å². The SMILES string of the molecule is CCC(CC(C)(CC)CC)C(OOC(C)(C)C)C(=O)O. The van der Waals surface area contributed by atoms with Crippen LogP contribution in [0.1, 0.15) is 74.1 Å². The molecular weight excluding hydrogens is 256 g/mol. The second-order valence-electron chi connectivity index (χ2n) is 6.94. The van der Waals surface area contributed by atoms with E-state index in [-0.39, 0.29) is 11.3 Å². The number of carbonyl (C=O) groups is 1. The fraction of sp³-hybridized carbons (Fsp3) is 0.938. The van der Waals surface area contributed by atoms with E-state index in [1.54, 1.807) is 0 Å². The molecule has 0 amide bonds. The van der Waals surface area contributed by atoms with Crippen LogP contribution in [0.25, 0.3) is 0 Å². The van der Waals surface area contributed by atoms with Gasteiger partial charge in [-0.05, 0) is 38.5 Å². The fourth-order valence-electron chi connectivity index (χ4n) is 2.15. The summed E-state index contributed by atoms with van der Waals surface area (Å²) in [7, 11) is 0. The van der Waals surface area contributed by atoms with Gasteiger partial charge in [0.15, 0.2) is 6.10 Å². The van der Waals surface area contributed by atoms with Crippen molar-refractivity contribution in [2.45, 2.75) is 85.9 Å². The lowest BCUT2D eigenvalue weighted by molar-refractivity contribution is -0.375. The summed E-state index contributed by atoms with van der Waals surface area (Å²) in [5.41, 5.74) is -0.357. The van der Waals surface area contributed by atoms with Gasteiger partial charge in [-0.15, -0.1) is 0 Å². The Kier molecular flexibility index (Phi) is 7.74. The summed E-state index contributed by atoms with van der Waals surface area (Å²) in [4.78, 5) is 22.0. The molecule has 0 aromatic carbocycles. The number of hydrogen-bond donors (Lipinski definition) is 1. The van der Waals surface area contributed by atoms with Crippen LogP contribution in [-0.4, -0.2) is 22.8 Å². The van der Waals surface area contributed by atoms with Crippen LogP contribution in [0.15, 0.2) is 0 Å². The standard InChI is InChI=1S/C16H32O4/c1-8-12(11-16(7,9-2)10-3)13(14(17)18)19-20-15(4,5)6/h12-13H,8-11H2,1-7H3,(H,17,18). The number of carboxylic acids is 1. The van der Waals surface area contributed by atoms with Gasteiger partial charge in [-0.25, -0.2) is 14.6 Å². The summed E-state index contributed by atoms with van der Waals surface area (Å²) < 4.78 is 0. The summed E-state index contributed by atoms with van der Waals surface area (Å²) in [5, 5.41) is 9.41. The molecule has 0 spiro atoms. The molecular formula is C16H32O4. The van der Waals surface area contributed by atoms with Crippen LogP contribution in [0, 0.1) is 11.3 Å². The Balaban J connectivity index is 4.89. The van der Waals surface area contributed by atoms with E-state index in [0.717, 1.165) is 25.7 Å². The molecule has 2 atom stereocenters. The van der Waals surface area contributed by atoms with E-state index in [4.69, 9.17) is 9.78 Å². The number of hydrogen-bond acceptors (Lipinski definition) is 3. The van der Waals surface area contributed by atoms with Gasteiger partial charge in [-0.1, -0.05) is 47.0 Å². The second-order valence-corrected chi connectivity index (χ2v) is 6.94. The highest BCUT2D eigenvalue weighted by Gasteiger charge is 2.35. The van der Waals surface area contributed by atoms with Crippen LogP contribution in [0.4, 0.5) is 0 Å². The quantitative estimate of drug-likeness (QED) is 0.504. The van der Waals surface area contributed by atoms with Gasteiger partial charge < -0.3 is 5.11 Å². The zero-order valence-electron chi connectivity index (χ0n) is 14.2. The third-order valence-corrected chi connectivity index (χ3v) is 4.06. The fourth-order valence-corrected chi connectivity index (χ4v) is 2.15. The minimum atomic E-state index is -0.948. The predicted molar refractivity (Wildman–Crippen MR) is 80.4 cm³/mol. The third kappa shape index (κ3) is 6.71. The molecule has 0 aromatic heterocycles. The van der Waals surface area contributed by atoms with Gasteiger partial charge in [0, 0.05) is 0 Å². The van der Waals surface area contributed by atoms with Crippen molar-refractivity contribution < 1.29 is 19.7 Å². The molecule has 0 radical (unpaired) electrons. The molecule has 4 heteroatoms. The van der Waals surface area contributed by atoms with E-state index < -0.39 is 17.7 Å². The van der Waals surface area contributed by atoms with Gasteiger partial charge in [-0.2, -0.15) is 0 Å². The van der Waals surface area contributed by atoms with Crippen molar-refractivity contribution in [1.29, 1.82) is 0 Å². The molecule has 4 nitrogen and oxygen atoms in total. The first-order valence-corrected chi connectivity index (χ1v) is 7.65. The summed E-state index contributed by atoms with van der Waals surface area (Å²) in [6, 6.07) is 0. The van der Waals surface area contributed by atoms with E-state index in [1.807, 2.05) is 27.7 Å². The molecule has 0 bridgehead atoms. The van der Waals surface area contributed by atoms with E-state index >= 15 is 0 Å². The molecule has 0 aliphatic carbocycles. The maximum Gasteiger partial charge on any atom is 0.336 e. The Hall–Kier alpha value is -0.610. The van der Waals surface area contributed by atoms with Gasteiger partial charge in [-0.3, -0.25) is 0 Å². The van der Waals surface area contributed by atoms with E-state index in [2.05, 4.69) is 20.8 Å². The molecule has 2 unspecified atom stereocenters. The normalized spacial score (nSPS) is 15.9. The first-order chi connectivity index (χ1) is 9.08. The average molecular weight is 288 g/mol. The largest absolute Gasteiger partial charge is 0.479 e. The lowest BCUT2D eigenvalue weighted by Gasteiger charge is -2.34. The first kappa shape index (κ1) is 19.4. The van der Waals surface area contributed by atoms with Crippen molar-refractivity contribution in [3.8, 4) is 0 Å². The zero-order chi connectivity index (χ0) is 16.0. The monoisotopic (exact) mass is 288 g/mol. The van der Waals surface area contributed by atoms with Crippen molar-refractivity contribution in [3.05, 3.63) is 0 Å². The van der Waals surface area contributed by atoms with Crippen LogP contribution in [0.5, 0.6) is 0 Å². The number of carboxylic acid groups (broad SMARTS) is 1. The van der Waals surface area contributed by atoms with Crippen LogP contribution in [0.2, 0.25) is 0 Å². The van der Waals surface area contributed by atoms with Gasteiger partial charge >= 0.3 is 5.97 Å². The number of aliphatic carboxylic acids is 1. The van der Waals surface area contributed by atoms with Crippen molar-refractivity contribution in [1.82, 2.24) is 0 Å².